The van der Waals surface area contributed by atoms with Crippen LogP contribution in [0.1, 0.15) is 48.9 Å². The first-order valence-corrected chi connectivity index (χ1v) is 19.1. The summed E-state index contributed by atoms with van der Waals surface area (Å²) in [4.78, 5) is 73.4. The Kier molecular flexibility index (Phi) is 12.6. The third kappa shape index (κ3) is 10.9. The van der Waals surface area contributed by atoms with Crippen molar-refractivity contribution in [1.82, 2.24) is 16.0 Å². The molecule has 0 spiro atoms. The second-order valence-corrected chi connectivity index (χ2v) is 15.2. The van der Waals surface area contributed by atoms with Crippen LogP contribution in [0.15, 0.2) is 127 Å². The number of nitrogens with one attached hydrogen (secondary N) is 3. The second kappa shape index (κ2) is 17.1. The van der Waals surface area contributed by atoms with Crippen LogP contribution in [0, 0.1) is 0 Å². The van der Waals surface area contributed by atoms with Crippen LogP contribution < -0.4 is 20.5 Å². The third-order valence-electron chi connectivity index (χ3n) is 9.47. The molecule has 286 valence electrons. The first-order chi connectivity index (χ1) is 26.0. The normalized spacial score (nSPS) is 14.7. The standard InChI is InChI=1S/C42H44N3O9P/c1-28(32-14-8-5-9-15-32)37(43-36(46)25-31-18-21-33-16-10-11-17-34(33)24-31)38(47)44-41(2,26-29-12-6-4-7-13-29)39(48)45-42(3,40(49)50)27-30-19-22-35(23-20-30)54-55(51,52)53/h4-24,28,37H,25-27H2,1-3H3,(H,43,46)(H,44,47)(H,45,48)(H,49,50)(H2,51,52,53)/t28?,37?,41-,42?/m0/s1. The van der Waals surface area contributed by atoms with E-state index in [4.69, 9.17) is 9.79 Å². The minimum absolute atomic E-state index is 0.00126. The number of hydrogen-bond donors (Lipinski definition) is 6. The molecule has 0 aromatic heterocycles. The van der Waals surface area contributed by atoms with Crippen LogP contribution in [-0.4, -0.2) is 55.7 Å². The van der Waals surface area contributed by atoms with E-state index in [1.165, 1.54) is 38.1 Å². The average Bonchev–Trinajstić information content (AvgIpc) is 3.14. The minimum atomic E-state index is -4.81. The minimum Gasteiger partial charge on any atom is -0.480 e. The number of fused-ring (bicyclic) bond motifs is 1. The van der Waals surface area contributed by atoms with Crippen molar-refractivity contribution >= 4 is 42.3 Å². The van der Waals surface area contributed by atoms with E-state index in [9.17, 15) is 28.8 Å². The molecule has 55 heavy (non-hydrogen) atoms. The molecule has 0 aliphatic heterocycles. The highest BCUT2D eigenvalue weighted by molar-refractivity contribution is 7.46. The van der Waals surface area contributed by atoms with E-state index >= 15 is 0 Å². The van der Waals surface area contributed by atoms with Crippen molar-refractivity contribution < 1.29 is 43.2 Å². The average molecular weight is 766 g/mol. The molecule has 0 aliphatic carbocycles. The van der Waals surface area contributed by atoms with Gasteiger partial charge in [0.05, 0.1) is 6.42 Å². The van der Waals surface area contributed by atoms with Crippen molar-refractivity contribution in [2.24, 2.45) is 0 Å². The second-order valence-electron chi connectivity index (χ2n) is 14.1. The number of aliphatic carboxylic acids is 1. The summed E-state index contributed by atoms with van der Waals surface area (Å²) in [5, 5.41) is 20.8. The van der Waals surface area contributed by atoms with Gasteiger partial charge < -0.3 is 25.6 Å². The van der Waals surface area contributed by atoms with Crippen LogP contribution in [0.3, 0.4) is 0 Å². The van der Waals surface area contributed by atoms with Crippen LogP contribution in [0.25, 0.3) is 10.8 Å². The van der Waals surface area contributed by atoms with E-state index in [2.05, 4.69) is 20.5 Å². The molecule has 4 atom stereocenters. The van der Waals surface area contributed by atoms with Crippen LogP contribution in [0.2, 0.25) is 0 Å². The molecular formula is C42H44N3O9P. The maximum Gasteiger partial charge on any atom is 0.524 e. The lowest BCUT2D eigenvalue weighted by Crippen LogP contribution is -2.66. The Morgan fingerprint density at radius 1 is 0.691 bits per heavy atom. The zero-order chi connectivity index (χ0) is 39.8. The Morgan fingerprint density at radius 3 is 1.85 bits per heavy atom. The molecule has 0 saturated heterocycles. The van der Waals surface area contributed by atoms with Crippen molar-refractivity contribution in [2.45, 2.75) is 63.1 Å². The Balaban J connectivity index is 1.42. The number of carbonyl (C=O) groups is 4. The van der Waals surface area contributed by atoms with Crippen molar-refractivity contribution in [3.63, 3.8) is 0 Å². The highest BCUT2D eigenvalue weighted by atomic mass is 31.2. The van der Waals surface area contributed by atoms with E-state index in [0.29, 0.717) is 11.1 Å². The monoisotopic (exact) mass is 765 g/mol. The molecule has 0 bridgehead atoms. The smallest absolute Gasteiger partial charge is 0.480 e. The van der Waals surface area contributed by atoms with Crippen molar-refractivity contribution in [2.75, 3.05) is 0 Å². The summed E-state index contributed by atoms with van der Waals surface area (Å²) in [6, 6.07) is 35.9. The van der Waals surface area contributed by atoms with Crippen molar-refractivity contribution in [1.29, 1.82) is 0 Å². The van der Waals surface area contributed by atoms with Gasteiger partial charge in [0.25, 0.3) is 0 Å². The van der Waals surface area contributed by atoms with Crippen LogP contribution in [-0.2, 0) is 43.0 Å². The van der Waals surface area contributed by atoms with Crippen molar-refractivity contribution in [3.05, 3.63) is 150 Å². The van der Waals surface area contributed by atoms with Crippen molar-refractivity contribution in [3.8, 4) is 5.75 Å². The maximum absolute atomic E-state index is 14.5. The molecule has 0 heterocycles. The van der Waals surface area contributed by atoms with Crippen LogP contribution in [0.4, 0.5) is 0 Å². The topological polar surface area (TPSA) is 191 Å². The van der Waals surface area contributed by atoms with Gasteiger partial charge >= 0.3 is 13.8 Å². The third-order valence-corrected chi connectivity index (χ3v) is 9.92. The first-order valence-electron chi connectivity index (χ1n) is 17.6. The lowest BCUT2D eigenvalue weighted by Gasteiger charge is -2.36. The van der Waals surface area contributed by atoms with Gasteiger partial charge in [0.1, 0.15) is 22.9 Å². The molecule has 0 fully saturated rings. The molecule has 3 unspecified atom stereocenters. The zero-order valence-corrected chi connectivity index (χ0v) is 31.5. The van der Waals surface area contributed by atoms with E-state index in [0.717, 1.165) is 21.9 Å². The molecule has 0 saturated carbocycles. The largest absolute Gasteiger partial charge is 0.524 e. The van der Waals surface area contributed by atoms with Gasteiger partial charge in [-0.25, -0.2) is 9.36 Å². The number of benzene rings is 5. The fourth-order valence-electron chi connectivity index (χ4n) is 6.44. The molecule has 3 amide bonds. The van der Waals surface area contributed by atoms with Gasteiger partial charge in [-0.1, -0.05) is 122 Å². The maximum atomic E-state index is 14.5. The Morgan fingerprint density at radius 2 is 1.24 bits per heavy atom. The number of hydrogen-bond acceptors (Lipinski definition) is 6. The summed E-state index contributed by atoms with van der Waals surface area (Å²) < 4.78 is 15.8. The summed E-state index contributed by atoms with van der Waals surface area (Å²) >= 11 is 0. The Bertz CT molecular complexity index is 2200. The molecule has 6 N–H and O–H groups in total. The van der Waals surface area contributed by atoms with E-state index in [1.54, 1.807) is 30.3 Å². The molecule has 5 aromatic carbocycles. The van der Waals surface area contributed by atoms with E-state index < -0.39 is 54.6 Å². The van der Waals surface area contributed by atoms with E-state index in [1.807, 2.05) is 79.7 Å². The summed E-state index contributed by atoms with van der Waals surface area (Å²) in [6.45, 7) is 4.64. The van der Waals surface area contributed by atoms with Gasteiger partial charge in [-0.05, 0) is 59.0 Å². The molecule has 0 radical (unpaired) electrons. The summed E-state index contributed by atoms with van der Waals surface area (Å²) in [6.07, 6.45) is -0.244. The lowest BCUT2D eigenvalue weighted by molar-refractivity contribution is -0.148. The zero-order valence-electron chi connectivity index (χ0n) is 30.6. The van der Waals surface area contributed by atoms with Gasteiger partial charge in [-0.15, -0.1) is 0 Å². The molecule has 5 aromatic rings. The first kappa shape index (κ1) is 40.4. The van der Waals surface area contributed by atoms with Gasteiger partial charge in [0, 0.05) is 18.8 Å². The predicted octanol–water partition coefficient (Wildman–Crippen LogP) is 5.46. The van der Waals surface area contributed by atoms with Gasteiger partial charge in [-0.3, -0.25) is 24.2 Å². The van der Waals surface area contributed by atoms with Gasteiger partial charge in [0.2, 0.25) is 17.7 Å². The molecule has 5 rings (SSSR count). The Labute approximate surface area is 319 Å². The molecular weight excluding hydrogens is 721 g/mol. The summed E-state index contributed by atoms with van der Waals surface area (Å²) in [7, 11) is -4.81. The number of carboxylic acid groups (broad SMARTS) is 1. The lowest BCUT2D eigenvalue weighted by atomic mass is 9.86. The SMILES string of the molecule is CC(c1ccccc1)C(NC(=O)Cc1ccc2ccccc2c1)C(=O)N[C@@](C)(Cc1ccccc1)C(=O)NC(C)(Cc1ccc(OP(=O)(O)O)cc1)C(=O)O. The number of rotatable bonds is 16. The molecule has 12 nitrogen and oxygen atoms in total. The van der Waals surface area contributed by atoms with Gasteiger partial charge in [-0.2, -0.15) is 0 Å². The molecule has 13 heteroatoms. The molecule has 0 aliphatic rings. The highest BCUT2D eigenvalue weighted by Crippen LogP contribution is 2.37. The quantitative estimate of drug-likeness (QED) is 0.0708. The Hall–Kier alpha value is -5.81. The summed E-state index contributed by atoms with van der Waals surface area (Å²) in [5.74, 6) is -3.85. The number of amides is 3. The highest BCUT2D eigenvalue weighted by Gasteiger charge is 2.44. The van der Waals surface area contributed by atoms with Crippen LogP contribution in [0.5, 0.6) is 5.75 Å². The van der Waals surface area contributed by atoms with Gasteiger partial charge in [0.15, 0.2) is 0 Å². The number of carbonyl (C=O) groups excluding carboxylic acids is 3. The van der Waals surface area contributed by atoms with E-state index in [-0.39, 0.29) is 25.0 Å². The van der Waals surface area contributed by atoms with Crippen LogP contribution >= 0.6 is 7.82 Å². The summed E-state index contributed by atoms with van der Waals surface area (Å²) in [5.41, 5.74) is -0.968. The fourth-order valence-corrected chi connectivity index (χ4v) is 6.83. The number of phosphoric acid groups is 1. The fraction of sp³-hybridized carbons (Fsp3) is 0.238. The predicted molar refractivity (Wildman–Crippen MR) is 208 cm³/mol. The number of carboxylic acids is 1. The number of phosphoric ester groups is 1.